The summed E-state index contributed by atoms with van der Waals surface area (Å²) in [6.07, 6.45) is 3.07. The number of nitrogens with one attached hydrogen (secondary N) is 2. The molecule has 2 fully saturated rings. The Morgan fingerprint density at radius 3 is 2.52 bits per heavy atom. The Bertz CT molecular complexity index is 694. The zero-order valence-corrected chi connectivity index (χ0v) is 14.5. The summed E-state index contributed by atoms with van der Waals surface area (Å²) in [5.74, 6) is -0.166. The second-order valence-electron chi connectivity index (χ2n) is 6.69. The average Bonchev–Trinajstić information content (AvgIpc) is 2.49. The molecule has 7 heteroatoms. The van der Waals surface area contributed by atoms with Gasteiger partial charge in [-0.1, -0.05) is 12.5 Å². The lowest BCUT2D eigenvalue weighted by Crippen LogP contribution is -2.62. The average molecular weight is 345 g/mol. The maximum absolute atomic E-state index is 12.2. The van der Waals surface area contributed by atoms with Crippen LogP contribution >= 0.6 is 0 Å². The third-order valence-corrected chi connectivity index (χ3v) is 4.89. The molecule has 3 rings (SSSR count). The monoisotopic (exact) mass is 345 g/mol. The van der Waals surface area contributed by atoms with E-state index in [1.807, 2.05) is 6.92 Å². The molecular weight excluding hydrogens is 322 g/mol. The number of nitrogens with zero attached hydrogens (tertiary/aromatic N) is 1. The molecule has 25 heavy (non-hydrogen) atoms. The highest BCUT2D eigenvalue weighted by Crippen LogP contribution is 2.26. The molecule has 2 aliphatic rings. The van der Waals surface area contributed by atoms with E-state index in [2.05, 4.69) is 10.6 Å². The molecular formula is C18H23N3O4. The van der Waals surface area contributed by atoms with E-state index in [9.17, 15) is 14.4 Å². The summed E-state index contributed by atoms with van der Waals surface area (Å²) in [7, 11) is 1.32. The van der Waals surface area contributed by atoms with Crippen molar-refractivity contribution in [3.8, 4) is 0 Å². The van der Waals surface area contributed by atoms with Crippen molar-refractivity contribution in [1.29, 1.82) is 0 Å². The van der Waals surface area contributed by atoms with E-state index >= 15 is 0 Å². The SMILES string of the molecule is COC(=O)c1cc(NC(=O)N2CC(NC(=O)C3CCC3)C2)ccc1C. The highest BCUT2D eigenvalue weighted by atomic mass is 16.5. The minimum absolute atomic E-state index is 0.0301. The molecule has 1 saturated heterocycles. The summed E-state index contributed by atoms with van der Waals surface area (Å²) in [6, 6.07) is 4.90. The fourth-order valence-corrected chi connectivity index (χ4v) is 2.96. The van der Waals surface area contributed by atoms with Gasteiger partial charge in [0.15, 0.2) is 0 Å². The molecule has 0 bridgehead atoms. The van der Waals surface area contributed by atoms with E-state index in [0.717, 1.165) is 24.8 Å². The lowest BCUT2D eigenvalue weighted by Gasteiger charge is -2.40. The first-order valence-corrected chi connectivity index (χ1v) is 8.53. The number of carbonyl (C=O) groups excluding carboxylic acids is 3. The maximum Gasteiger partial charge on any atom is 0.338 e. The first-order chi connectivity index (χ1) is 12.0. The third-order valence-electron chi connectivity index (χ3n) is 4.89. The van der Waals surface area contributed by atoms with Gasteiger partial charge in [0.2, 0.25) is 5.91 Å². The van der Waals surface area contributed by atoms with Gasteiger partial charge in [-0.05, 0) is 37.5 Å². The first-order valence-electron chi connectivity index (χ1n) is 8.53. The van der Waals surface area contributed by atoms with Crippen LogP contribution in [0.2, 0.25) is 0 Å². The van der Waals surface area contributed by atoms with Crippen LogP contribution in [0.5, 0.6) is 0 Å². The number of methoxy groups -OCH3 is 1. The zero-order valence-electron chi connectivity index (χ0n) is 14.5. The van der Waals surface area contributed by atoms with Crippen molar-refractivity contribution in [3.63, 3.8) is 0 Å². The number of carbonyl (C=O) groups is 3. The molecule has 1 aromatic rings. The summed E-state index contributed by atoms with van der Waals surface area (Å²) in [4.78, 5) is 37.5. The quantitative estimate of drug-likeness (QED) is 0.816. The Labute approximate surface area is 146 Å². The van der Waals surface area contributed by atoms with Crippen LogP contribution in [-0.2, 0) is 9.53 Å². The summed E-state index contributed by atoms with van der Waals surface area (Å²) >= 11 is 0. The molecule has 3 amide bonds. The molecule has 7 nitrogen and oxygen atoms in total. The van der Waals surface area contributed by atoms with E-state index in [1.54, 1.807) is 23.1 Å². The largest absolute Gasteiger partial charge is 0.465 e. The molecule has 1 heterocycles. The van der Waals surface area contributed by atoms with Crippen LogP contribution in [0.4, 0.5) is 10.5 Å². The van der Waals surface area contributed by atoms with Gasteiger partial charge in [0.1, 0.15) is 0 Å². The number of hydrogen-bond acceptors (Lipinski definition) is 4. The predicted octanol–water partition coefficient (Wildman–Crippen LogP) is 1.91. The van der Waals surface area contributed by atoms with Crippen LogP contribution in [0.3, 0.4) is 0 Å². The number of amides is 3. The topological polar surface area (TPSA) is 87.7 Å². The Balaban J connectivity index is 1.50. The van der Waals surface area contributed by atoms with Crippen LogP contribution in [-0.4, -0.2) is 49.0 Å². The normalized spacial score (nSPS) is 17.3. The Hall–Kier alpha value is -2.57. The summed E-state index contributed by atoms with van der Waals surface area (Å²) < 4.78 is 4.74. The van der Waals surface area contributed by atoms with Crippen molar-refractivity contribution in [1.82, 2.24) is 10.2 Å². The van der Waals surface area contributed by atoms with Gasteiger partial charge in [0.05, 0.1) is 18.7 Å². The van der Waals surface area contributed by atoms with Crippen molar-refractivity contribution in [2.45, 2.75) is 32.2 Å². The molecule has 0 atom stereocenters. The number of likely N-dealkylation sites (tertiary alicyclic amines) is 1. The van der Waals surface area contributed by atoms with Crippen molar-refractivity contribution >= 4 is 23.6 Å². The highest BCUT2D eigenvalue weighted by molar-refractivity contribution is 5.95. The molecule has 134 valence electrons. The fraction of sp³-hybridized carbons (Fsp3) is 0.500. The third kappa shape index (κ3) is 3.75. The Morgan fingerprint density at radius 2 is 1.92 bits per heavy atom. The number of urea groups is 1. The van der Waals surface area contributed by atoms with E-state index < -0.39 is 5.97 Å². The van der Waals surface area contributed by atoms with Crippen LogP contribution in [0, 0.1) is 12.8 Å². The van der Waals surface area contributed by atoms with Crippen LogP contribution in [0.1, 0.15) is 35.2 Å². The van der Waals surface area contributed by atoms with Crippen molar-refractivity contribution in [2.24, 2.45) is 5.92 Å². The van der Waals surface area contributed by atoms with Gasteiger partial charge in [-0.3, -0.25) is 4.79 Å². The number of anilines is 1. The summed E-state index contributed by atoms with van der Waals surface area (Å²) in [6.45, 7) is 2.81. The van der Waals surface area contributed by atoms with Crippen LogP contribution < -0.4 is 10.6 Å². The predicted molar refractivity (Wildman–Crippen MR) is 92.4 cm³/mol. The number of ether oxygens (including phenoxy) is 1. The second-order valence-corrected chi connectivity index (χ2v) is 6.69. The van der Waals surface area contributed by atoms with E-state index in [-0.39, 0.29) is 23.9 Å². The second kappa shape index (κ2) is 7.13. The Kier molecular flexibility index (Phi) is 4.92. The van der Waals surface area contributed by atoms with Gasteiger partial charge >= 0.3 is 12.0 Å². The molecule has 0 aromatic heterocycles. The summed E-state index contributed by atoms with van der Waals surface area (Å²) in [5.41, 5.74) is 1.75. The van der Waals surface area contributed by atoms with Gasteiger partial charge in [-0.15, -0.1) is 0 Å². The number of benzene rings is 1. The highest BCUT2D eigenvalue weighted by Gasteiger charge is 2.34. The number of rotatable bonds is 4. The number of esters is 1. The number of aryl methyl sites for hydroxylation is 1. The molecule has 0 radical (unpaired) electrons. The standard InChI is InChI=1S/C18H23N3O4/c1-11-6-7-13(8-15(11)17(23)25-2)20-18(24)21-9-14(10-21)19-16(22)12-4-3-5-12/h6-8,12,14H,3-5,9-10H2,1-2H3,(H,19,22)(H,20,24). The minimum atomic E-state index is -0.434. The first kappa shape index (κ1) is 17.3. The summed E-state index contributed by atoms with van der Waals surface area (Å²) in [5, 5.41) is 5.76. The lowest BCUT2D eigenvalue weighted by atomic mass is 9.84. The van der Waals surface area contributed by atoms with Gasteiger partial charge in [0, 0.05) is 24.7 Å². The van der Waals surface area contributed by atoms with Crippen molar-refractivity contribution in [2.75, 3.05) is 25.5 Å². The molecule has 2 N–H and O–H groups in total. The smallest absolute Gasteiger partial charge is 0.338 e. The fourth-order valence-electron chi connectivity index (χ4n) is 2.96. The zero-order chi connectivity index (χ0) is 18.0. The lowest BCUT2D eigenvalue weighted by molar-refractivity contribution is -0.129. The maximum atomic E-state index is 12.2. The van der Waals surface area contributed by atoms with E-state index in [0.29, 0.717) is 24.3 Å². The van der Waals surface area contributed by atoms with Gasteiger partial charge in [0.25, 0.3) is 0 Å². The van der Waals surface area contributed by atoms with Gasteiger partial charge < -0.3 is 20.3 Å². The van der Waals surface area contributed by atoms with E-state index in [1.165, 1.54) is 7.11 Å². The van der Waals surface area contributed by atoms with E-state index in [4.69, 9.17) is 4.74 Å². The molecule has 0 spiro atoms. The van der Waals surface area contributed by atoms with Crippen LogP contribution in [0.25, 0.3) is 0 Å². The molecule has 1 aliphatic heterocycles. The minimum Gasteiger partial charge on any atom is -0.465 e. The van der Waals surface area contributed by atoms with Crippen molar-refractivity contribution in [3.05, 3.63) is 29.3 Å². The molecule has 0 unspecified atom stereocenters. The van der Waals surface area contributed by atoms with Gasteiger partial charge in [-0.2, -0.15) is 0 Å². The Morgan fingerprint density at radius 1 is 1.20 bits per heavy atom. The van der Waals surface area contributed by atoms with Gasteiger partial charge in [-0.25, -0.2) is 9.59 Å². The van der Waals surface area contributed by atoms with Crippen molar-refractivity contribution < 1.29 is 19.1 Å². The van der Waals surface area contributed by atoms with Crippen LogP contribution in [0.15, 0.2) is 18.2 Å². The number of hydrogen-bond donors (Lipinski definition) is 2. The molecule has 1 saturated carbocycles. The molecule has 1 aromatic carbocycles. The molecule has 1 aliphatic carbocycles.